The average molecular weight is 322 g/mol. The van der Waals surface area contributed by atoms with Gasteiger partial charge in [-0.2, -0.15) is 0 Å². The van der Waals surface area contributed by atoms with Crippen molar-refractivity contribution in [3.05, 3.63) is 52.5 Å². The molecule has 0 radical (unpaired) electrons. The molecule has 0 fully saturated rings. The van der Waals surface area contributed by atoms with Gasteiger partial charge in [-0.15, -0.1) is 0 Å². The lowest BCUT2D eigenvalue weighted by atomic mass is 10.00. The number of imidazole rings is 1. The Labute approximate surface area is 123 Å². The highest BCUT2D eigenvalue weighted by atomic mass is 79.9. The summed E-state index contributed by atoms with van der Waals surface area (Å²) in [6.45, 7) is 6.34. The second-order valence-corrected chi connectivity index (χ2v) is 6.03. The lowest BCUT2D eigenvalue weighted by Gasteiger charge is -2.26. The summed E-state index contributed by atoms with van der Waals surface area (Å²) in [5.41, 5.74) is 7.42. The average Bonchev–Trinajstić information content (AvgIpc) is 2.80. The molecule has 0 spiro atoms. The van der Waals surface area contributed by atoms with Gasteiger partial charge in [0.2, 0.25) is 0 Å². The summed E-state index contributed by atoms with van der Waals surface area (Å²) in [5.74, 6) is 1.44. The number of hydrogen-bond donors (Lipinski definition) is 1. The molecule has 2 rings (SSSR count). The van der Waals surface area contributed by atoms with Gasteiger partial charge in [0.25, 0.3) is 0 Å². The van der Waals surface area contributed by atoms with Gasteiger partial charge in [-0.1, -0.05) is 48.0 Å². The molecule has 19 heavy (non-hydrogen) atoms. The standard InChI is InChI=1S/C15H20BrN3/c1-10(2)15-18-8-9-19(15)14(11(3)17)12-6-4-5-7-13(12)16/h4-11,14H,17H2,1-3H3. The van der Waals surface area contributed by atoms with Crippen LogP contribution in [0.5, 0.6) is 0 Å². The van der Waals surface area contributed by atoms with Crippen molar-refractivity contribution in [3.8, 4) is 0 Å². The summed E-state index contributed by atoms with van der Waals surface area (Å²) >= 11 is 3.62. The van der Waals surface area contributed by atoms with Crippen molar-refractivity contribution in [2.75, 3.05) is 0 Å². The summed E-state index contributed by atoms with van der Waals surface area (Å²) < 4.78 is 3.27. The minimum atomic E-state index is 0.00500. The number of aromatic nitrogens is 2. The summed E-state index contributed by atoms with van der Waals surface area (Å²) in [6, 6.07) is 8.32. The number of nitrogens with zero attached hydrogens (tertiary/aromatic N) is 2. The molecule has 2 atom stereocenters. The predicted octanol–water partition coefficient (Wildman–Crippen LogP) is 3.71. The van der Waals surface area contributed by atoms with E-state index in [-0.39, 0.29) is 12.1 Å². The topological polar surface area (TPSA) is 43.8 Å². The predicted molar refractivity (Wildman–Crippen MR) is 82.2 cm³/mol. The molecule has 0 saturated carbocycles. The summed E-state index contributed by atoms with van der Waals surface area (Å²) in [4.78, 5) is 4.47. The van der Waals surface area contributed by atoms with Crippen LogP contribution in [0, 0.1) is 0 Å². The molecule has 4 heteroatoms. The van der Waals surface area contributed by atoms with Crippen LogP contribution in [0.3, 0.4) is 0 Å². The van der Waals surface area contributed by atoms with Crippen molar-refractivity contribution in [2.24, 2.45) is 5.73 Å². The Bertz CT molecular complexity index is 546. The van der Waals surface area contributed by atoms with E-state index in [1.807, 2.05) is 31.5 Å². The zero-order chi connectivity index (χ0) is 14.0. The Morgan fingerprint density at radius 1 is 1.21 bits per heavy atom. The van der Waals surface area contributed by atoms with E-state index in [9.17, 15) is 0 Å². The van der Waals surface area contributed by atoms with Crippen LogP contribution in [-0.4, -0.2) is 15.6 Å². The molecule has 1 heterocycles. The molecule has 2 N–H and O–H groups in total. The third-order valence-electron chi connectivity index (χ3n) is 3.24. The summed E-state index contributed by atoms with van der Waals surface area (Å²) in [7, 11) is 0. The summed E-state index contributed by atoms with van der Waals surface area (Å²) in [6.07, 6.45) is 3.87. The van der Waals surface area contributed by atoms with E-state index in [0.717, 1.165) is 10.3 Å². The van der Waals surface area contributed by atoms with Crippen LogP contribution in [-0.2, 0) is 0 Å². The normalized spacial score (nSPS) is 14.6. The molecule has 0 amide bonds. The van der Waals surface area contributed by atoms with Crippen molar-refractivity contribution in [3.63, 3.8) is 0 Å². The monoisotopic (exact) mass is 321 g/mol. The van der Waals surface area contributed by atoms with E-state index in [0.29, 0.717) is 5.92 Å². The first-order valence-electron chi connectivity index (χ1n) is 6.55. The zero-order valence-corrected chi connectivity index (χ0v) is 13.1. The van der Waals surface area contributed by atoms with Crippen molar-refractivity contribution >= 4 is 15.9 Å². The molecule has 2 unspecified atom stereocenters. The quantitative estimate of drug-likeness (QED) is 0.932. The molecule has 0 saturated heterocycles. The third-order valence-corrected chi connectivity index (χ3v) is 3.96. The fourth-order valence-corrected chi connectivity index (χ4v) is 2.93. The van der Waals surface area contributed by atoms with Crippen molar-refractivity contribution < 1.29 is 0 Å². The van der Waals surface area contributed by atoms with Gasteiger partial charge >= 0.3 is 0 Å². The fourth-order valence-electron chi connectivity index (χ4n) is 2.41. The van der Waals surface area contributed by atoms with Gasteiger partial charge in [-0.25, -0.2) is 4.98 Å². The highest BCUT2D eigenvalue weighted by Crippen LogP contribution is 2.30. The van der Waals surface area contributed by atoms with E-state index in [1.165, 1.54) is 5.56 Å². The Morgan fingerprint density at radius 2 is 1.89 bits per heavy atom. The minimum absolute atomic E-state index is 0.00500. The zero-order valence-electron chi connectivity index (χ0n) is 11.5. The SMILES string of the molecule is CC(C)c1nccn1C(c1ccccc1Br)C(C)N. The third kappa shape index (κ3) is 2.90. The van der Waals surface area contributed by atoms with Crippen LogP contribution in [0.4, 0.5) is 0 Å². The first kappa shape index (κ1) is 14.3. The lowest BCUT2D eigenvalue weighted by molar-refractivity contribution is 0.470. The van der Waals surface area contributed by atoms with Gasteiger partial charge in [-0.05, 0) is 18.6 Å². The van der Waals surface area contributed by atoms with Crippen LogP contribution < -0.4 is 5.73 Å². The van der Waals surface area contributed by atoms with E-state index in [4.69, 9.17) is 5.73 Å². The van der Waals surface area contributed by atoms with Crippen molar-refractivity contribution in [1.29, 1.82) is 0 Å². The Morgan fingerprint density at radius 3 is 2.47 bits per heavy atom. The molecule has 3 nitrogen and oxygen atoms in total. The molecule has 1 aromatic carbocycles. The minimum Gasteiger partial charge on any atom is -0.326 e. The van der Waals surface area contributed by atoms with Crippen LogP contribution in [0.1, 0.15) is 44.1 Å². The van der Waals surface area contributed by atoms with Crippen LogP contribution in [0.25, 0.3) is 0 Å². The molecule has 0 aliphatic carbocycles. The second kappa shape index (κ2) is 5.88. The first-order chi connectivity index (χ1) is 9.02. The molecule has 0 bridgehead atoms. The van der Waals surface area contributed by atoms with Gasteiger partial charge in [-0.3, -0.25) is 0 Å². The van der Waals surface area contributed by atoms with Gasteiger partial charge in [0, 0.05) is 28.8 Å². The maximum atomic E-state index is 6.23. The van der Waals surface area contributed by atoms with Gasteiger partial charge < -0.3 is 10.3 Å². The smallest absolute Gasteiger partial charge is 0.111 e. The number of benzene rings is 1. The van der Waals surface area contributed by atoms with E-state index in [1.54, 1.807) is 0 Å². The van der Waals surface area contributed by atoms with Gasteiger partial charge in [0.1, 0.15) is 5.82 Å². The van der Waals surface area contributed by atoms with Crippen molar-refractivity contribution in [1.82, 2.24) is 9.55 Å². The highest BCUT2D eigenvalue weighted by Gasteiger charge is 2.23. The number of nitrogens with two attached hydrogens (primary N) is 1. The molecule has 0 aliphatic heterocycles. The maximum Gasteiger partial charge on any atom is 0.111 e. The number of rotatable bonds is 4. The second-order valence-electron chi connectivity index (χ2n) is 5.17. The van der Waals surface area contributed by atoms with Crippen molar-refractivity contribution in [2.45, 2.75) is 38.8 Å². The molecule has 102 valence electrons. The van der Waals surface area contributed by atoms with Crippen LogP contribution >= 0.6 is 15.9 Å². The van der Waals surface area contributed by atoms with E-state index in [2.05, 4.69) is 51.5 Å². The van der Waals surface area contributed by atoms with E-state index < -0.39 is 0 Å². The largest absolute Gasteiger partial charge is 0.326 e. The highest BCUT2D eigenvalue weighted by molar-refractivity contribution is 9.10. The molecular formula is C15H20BrN3. The Hall–Kier alpha value is -1.13. The Balaban J connectivity index is 2.53. The number of hydrogen-bond acceptors (Lipinski definition) is 2. The van der Waals surface area contributed by atoms with E-state index >= 15 is 0 Å². The molecule has 0 aliphatic rings. The van der Waals surface area contributed by atoms with Crippen LogP contribution in [0.15, 0.2) is 41.1 Å². The van der Waals surface area contributed by atoms with Crippen LogP contribution in [0.2, 0.25) is 0 Å². The number of halogens is 1. The fraction of sp³-hybridized carbons (Fsp3) is 0.400. The molecule has 1 aromatic heterocycles. The molecular weight excluding hydrogens is 302 g/mol. The van der Waals surface area contributed by atoms with Gasteiger partial charge in [0.15, 0.2) is 0 Å². The lowest BCUT2D eigenvalue weighted by Crippen LogP contribution is -2.31. The molecule has 2 aromatic rings. The summed E-state index contributed by atoms with van der Waals surface area (Å²) in [5, 5.41) is 0. The maximum absolute atomic E-state index is 6.23. The van der Waals surface area contributed by atoms with Gasteiger partial charge in [0.05, 0.1) is 6.04 Å². The first-order valence-corrected chi connectivity index (χ1v) is 7.34. The Kier molecular flexibility index (Phi) is 4.42.